The summed E-state index contributed by atoms with van der Waals surface area (Å²) in [6.07, 6.45) is 7.27. The average molecular weight is 267 g/mol. The van der Waals surface area contributed by atoms with E-state index in [4.69, 9.17) is 5.73 Å². The molecule has 4 heteroatoms. The van der Waals surface area contributed by atoms with E-state index in [1.807, 2.05) is 4.90 Å². The molecule has 2 fully saturated rings. The van der Waals surface area contributed by atoms with Gasteiger partial charge >= 0.3 is 0 Å². The zero-order chi connectivity index (χ0) is 13.9. The number of carbonyl (C=O) groups is 1. The molecular weight excluding hydrogens is 238 g/mol. The molecule has 1 saturated carbocycles. The van der Waals surface area contributed by atoms with Crippen LogP contribution in [0.15, 0.2) is 0 Å². The molecule has 0 aromatic carbocycles. The lowest BCUT2D eigenvalue weighted by Crippen LogP contribution is -2.46. The van der Waals surface area contributed by atoms with Gasteiger partial charge in [-0.1, -0.05) is 12.8 Å². The topological polar surface area (TPSA) is 49.6 Å². The van der Waals surface area contributed by atoms with Crippen molar-refractivity contribution in [3.8, 4) is 0 Å². The molecule has 2 N–H and O–H groups in total. The van der Waals surface area contributed by atoms with Gasteiger partial charge in [0.15, 0.2) is 0 Å². The molecule has 1 aliphatic carbocycles. The van der Waals surface area contributed by atoms with E-state index in [9.17, 15) is 4.79 Å². The molecule has 0 radical (unpaired) electrons. The van der Waals surface area contributed by atoms with Crippen molar-refractivity contribution < 1.29 is 4.79 Å². The fraction of sp³-hybridized carbons (Fsp3) is 0.933. The molecule has 2 rings (SSSR count). The zero-order valence-electron chi connectivity index (χ0n) is 12.5. The molecule has 0 atom stereocenters. The number of rotatable bonds is 4. The third kappa shape index (κ3) is 4.18. The summed E-state index contributed by atoms with van der Waals surface area (Å²) in [6, 6.07) is 0. The predicted octanol–water partition coefficient (Wildman–Crippen LogP) is 1.45. The van der Waals surface area contributed by atoms with Gasteiger partial charge in [-0.3, -0.25) is 4.79 Å². The lowest BCUT2D eigenvalue weighted by Gasteiger charge is -2.35. The molecule has 19 heavy (non-hydrogen) atoms. The Morgan fingerprint density at radius 2 is 1.84 bits per heavy atom. The SMILES string of the molecule is CN(C)CC1CCN(C(=O)CC2(N)CCCC2)CC1. The smallest absolute Gasteiger partial charge is 0.224 e. The van der Waals surface area contributed by atoms with Crippen molar-refractivity contribution in [2.24, 2.45) is 11.7 Å². The van der Waals surface area contributed by atoms with Gasteiger partial charge in [0, 0.05) is 31.6 Å². The normalized spacial score (nSPS) is 24.1. The highest BCUT2D eigenvalue weighted by atomic mass is 16.2. The third-order valence-electron chi connectivity index (χ3n) is 4.69. The van der Waals surface area contributed by atoms with E-state index in [2.05, 4.69) is 19.0 Å². The van der Waals surface area contributed by atoms with E-state index >= 15 is 0 Å². The van der Waals surface area contributed by atoms with E-state index in [0.717, 1.165) is 51.2 Å². The number of amides is 1. The van der Waals surface area contributed by atoms with Crippen LogP contribution in [0.3, 0.4) is 0 Å². The molecule has 2 aliphatic rings. The van der Waals surface area contributed by atoms with E-state index < -0.39 is 0 Å². The van der Waals surface area contributed by atoms with Crippen molar-refractivity contribution >= 4 is 5.91 Å². The van der Waals surface area contributed by atoms with Crippen LogP contribution < -0.4 is 5.73 Å². The molecule has 0 aromatic rings. The molecule has 0 bridgehead atoms. The fourth-order valence-corrected chi connectivity index (χ4v) is 3.55. The number of piperidine rings is 1. The minimum atomic E-state index is -0.197. The van der Waals surface area contributed by atoms with Gasteiger partial charge in [0.25, 0.3) is 0 Å². The van der Waals surface area contributed by atoms with Crippen LogP contribution in [0, 0.1) is 5.92 Å². The van der Waals surface area contributed by atoms with Crippen LogP contribution in [-0.2, 0) is 4.79 Å². The van der Waals surface area contributed by atoms with Crippen LogP contribution in [0.4, 0.5) is 0 Å². The van der Waals surface area contributed by atoms with Crippen LogP contribution in [0.5, 0.6) is 0 Å². The lowest BCUT2D eigenvalue weighted by atomic mass is 9.92. The standard InChI is InChI=1S/C15H29N3O/c1-17(2)12-13-5-9-18(10-6-13)14(19)11-15(16)7-3-4-8-15/h13H,3-12,16H2,1-2H3. The molecule has 110 valence electrons. The number of hydrogen-bond acceptors (Lipinski definition) is 3. The maximum atomic E-state index is 12.3. The van der Waals surface area contributed by atoms with Gasteiger partial charge in [-0.15, -0.1) is 0 Å². The van der Waals surface area contributed by atoms with Crippen LogP contribution in [0.1, 0.15) is 44.9 Å². The highest BCUT2D eigenvalue weighted by Crippen LogP contribution is 2.31. The van der Waals surface area contributed by atoms with Crippen molar-refractivity contribution in [3.63, 3.8) is 0 Å². The number of nitrogens with zero attached hydrogens (tertiary/aromatic N) is 2. The first-order valence-corrected chi connectivity index (χ1v) is 7.70. The van der Waals surface area contributed by atoms with Crippen LogP contribution in [-0.4, -0.2) is 55.0 Å². The average Bonchev–Trinajstić information content (AvgIpc) is 2.75. The summed E-state index contributed by atoms with van der Waals surface area (Å²) in [5.41, 5.74) is 6.11. The second-order valence-corrected chi connectivity index (χ2v) is 6.83. The summed E-state index contributed by atoms with van der Waals surface area (Å²) >= 11 is 0. The van der Waals surface area contributed by atoms with Crippen LogP contribution >= 0.6 is 0 Å². The van der Waals surface area contributed by atoms with Crippen molar-refractivity contribution in [3.05, 3.63) is 0 Å². The first-order chi connectivity index (χ1) is 8.98. The molecular formula is C15H29N3O. The van der Waals surface area contributed by atoms with Crippen molar-refractivity contribution in [1.29, 1.82) is 0 Å². The highest BCUT2D eigenvalue weighted by molar-refractivity contribution is 5.77. The lowest BCUT2D eigenvalue weighted by molar-refractivity contribution is -0.133. The second-order valence-electron chi connectivity index (χ2n) is 6.83. The Labute approximate surface area is 117 Å². The van der Waals surface area contributed by atoms with Crippen LogP contribution in [0.25, 0.3) is 0 Å². The predicted molar refractivity (Wildman–Crippen MR) is 77.9 cm³/mol. The second kappa shape index (κ2) is 6.23. The molecule has 0 aromatic heterocycles. The Kier molecular flexibility index (Phi) is 4.85. The molecule has 0 unspecified atom stereocenters. The largest absolute Gasteiger partial charge is 0.343 e. The number of nitrogens with two attached hydrogens (primary N) is 1. The summed E-state index contributed by atoms with van der Waals surface area (Å²) in [6.45, 7) is 2.99. The van der Waals surface area contributed by atoms with Crippen molar-refractivity contribution in [2.45, 2.75) is 50.5 Å². The van der Waals surface area contributed by atoms with Gasteiger partial charge in [0.1, 0.15) is 0 Å². The zero-order valence-corrected chi connectivity index (χ0v) is 12.5. The minimum absolute atomic E-state index is 0.197. The van der Waals surface area contributed by atoms with Crippen LogP contribution in [0.2, 0.25) is 0 Å². The Hall–Kier alpha value is -0.610. The Morgan fingerprint density at radius 1 is 1.26 bits per heavy atom. The summed E-state index contributed by atoms with van der Waals surface area (Å²) in [5.74, 6) is 1.03. The van der Waals surface area contributed by atoms with Gasteiger partial charge in [-0.25, -0.2) is 0 Å². The quantitative estimate of drug-likeness (QED) is 0.838. The summed E-state index contributed by atoms with van der Waals surface area (Å²) in [7, 11) is 4.24. The molecule has 1 saturated heterocycles. The maximum Gasteiger partial charge on any atom is 0.224 e. The molecule has 4 nitrogen and oxygen atoms in total. The Morgan fingerprint density at radius 3 is 2.37 bits per heavy atom. The summed E-state index contributed by atoms with van der Waals surface area (Å²) < 4.78 is 0. The monoisotopic (exact) mass is 267 g/mol. The van der Waals surface area contributed by atoms with E-state index in [1.165, 1.54) is 12.8 Å². The van der Waals surface area contributed by atoms with Gasteiger partial charge in [-0.2, -0.15) is 0 Å². The fourth-order valence-electron chi connectivity index (χ4n) is 3.55. The Bertz CT molecular complexity index is 303. The van der Waals surface area contributed by atoms with Gasteiger partial charge in [-0.05, 0) is 45.7 Å². The van der Waals surface area contributed by atoms with Gasteiger partial charge in [0.2, 0.25) is 5.91 Å². The maximum absolute atomic E-state index is 12.3. The number of carbonyl (C=O) groups excluding carboxylic acids is 1. The number of likely N-dealkylation sites (tertiary alicyclic amines) is 1. The molecule has 1 amide bonds. The summed E-state index contributed by atoms with van der Waals surface area (Å²) in [5, 5.41) is 0. The van der Waals surface area contributed by atoms with E-state index in [1.54, 1.807) is 0 Å². The first kappa shape index (κ1) is 14.8. The van der Waals surface area contributed by atoms with Gasteiger partial charge < -0.3 is 15.5 Å². The molecule has 1 heterocycles. The van der Waals surface area contributed by atoms with Gasteiger partial charge in [0.05, 0.1) is 0 Å². The highest BCUT2D eigenvalue weighted by Gasteiger charge is 2.34. The molecule has 1 aliphatic heterocycles. The Balaban J connectivity index is 1.76. The minimum Gasteiger partial charge on any atom is -0.343 e. The first-order valence-electron chi connectivity index (χ1n) is 7.70. The number of hydrogen-bond donors (Lipinski definition) is 1. The van der Waals surface area contributed by atoms with Crippen molar-refractivity contribution in [2.75, 3.05) is 33.7 Å². The van der Waals surface area contributed by atoms with E-state index in [-0.39, 0.29) is 11.4 Å². The third-order valence-corrected chi connectivity index (χ3v) is 4.69. The van der Waals surface area contributed by atoms with E-state index in [0.29, 0.717) is 6.42 Å². The molecule has 0 spiro atoms. The summed E-state index contributed by atoms with van der Waals surface area (Å²) in [4.78, 5) is 16.6. The van der Waals surface area contributed by atoms with Crippen molar-refractivity contribution in [1.82, 2.24) is 9.80 Å².